The predicted molar refractivity (Wildman–Crippen MR) is 112 cm³/mol. The third-order valence-corrected chi connectivity index (χ3v) is 4.70. The Kier molecular flexibility index (Phi) is 5.61. The number of para-hydroxylation sites is 1. The molecule has 3 amide bonds. The quantitative estimate of drug-likeness (QED) is 0.676. The predicted octanol–water partition coefficient (Wildman–Crippen LogP) is 4.39. The van der Waals surface area contributed by atoms with Crippen molar-refractivity contribution in [3.05, 3.63) is 89.7 Å². The molecular formula is C23H20FN3O3. The van der Waals surface area contributed by atoms with Crippen molar-refractivity contribution in [3.63, 3.8) is 0 Å². The first-order chi connectivity index (χ1) is 14.6. The van der Waals surface area contributed by atoms with E-state index in [0.717, 1.165) is 11.1 Å². The van der Waals surface area contributed by atoms with Crippen LogP contribution in [0.4, 0.5) is 20.6 Å². The molecule has 0 radical (unpaired) electrons. The van der Waals surface area contributed by atoms with E-state index in [-0.39, 0.29) is 24.4 Å². The average Bonchev–Trinajstić information content (AvgIpc) is 2.89. The summed E-state index contributed by atoms with van der Waals surface area (Å²) in [5.41, 5.74) is 2.87. The lowest BCUT2D eigenvalue weighted by Gasteiger charge is -2.20. The van der Waals surface area contributed by atoms with Crippen molar-refractivity contribution in [1.82, 2.24) is 4.90 Å². The number of carbonyl (C=O) groups excluding carboxylic acids is 2. The molecule has 1 heterocycles. The highest BCUT2D eigenvalue weighted by molar-refractivity contribution is 5.99. The number of rotatable bonds is 4. The zero-order valence-electron chi connectivity index (χ0n) is 16.1. The molecule has 152 valence electrons. The molecule has 1 aliphatic heterocycles. The molecule has 0 bridgehead atoms. The van der Waals surface area contributed by atoms with Gasteiger partial charge in [-0.3, -0.25) is 4.79 Å². The van der Waals surface area contributed by atoms with Crippen LogP contribution in [0.1, 0.15) is 11.1 Å². The number of amides is 3. The van der Waals surface area contributed by atoms with Crippen LogP contribution in [0.2, 0.25) is 0 Å². The highest BCUT2D eigenvalue weighted by Gasteiger charge is 2.22. The van der Waals surface area contributed by atoms with Crippen LogP contribution in [0.5, 0.6) is 5.75 Å². The van der Waals surface area contributed by atoms with Crippen molar-refractivity contribution in [1.29, 1.82) is 0 Å². The number of benzene rings is 3. The van der Waals surface area contributed by atoms with Crippen LogP contribution in [-0.4, -0.2) is 23.4 Å². The fourth-order valence-corrected chi connectivity index (χ4v) is 3.22. The van der Waals surface area contributed by atoms with E-state index in [9.17, 15) is 14.0 Å². The molecule has 3 aromatic rings. The number of halogens is 1. The van der Waals surface area contributed by atoms with Crippen LogP contribution in [0.25, 0.3) is 0 Å². The van der Waals surface area contributed by atoms with Crippen molar-refractivity contribution < 1.29 is 18.7 Å². The van der Waals surface area contributed by atoms with Gasteiger partial charge in [-0.15, -0.1) is 0 Å². The second-order valence-electron chi connectivity index (χ2n) is 6.93. The van der Waals surface area contributed by atoms with E-state index in [2.05, 4.69) is 10.6 Å². The molecule has 2 N–H and O–H groups in total. The fourth-order valence-electron chi connectivity index (χ4n) is 3.22. The summed E-state index contributed by atoms with van der Waals surface area (Å²) in [5, 5.41) is 5.55. The first kappa shape index (κ1) is 19.4. The summed E-state index contributed by atoms with van der Waals surface area (Å²) in [7, 11) is 0. The SMILES string of the molecule is O=C(Nc1ccccc1)Nc1ccc2c(c1)CN(Cc1ccc(F)cc1)C(=O)CO2. The molecule has 0 unspecified atom stereocenters. The molecule has 0 aromatic heterocycles. The second kappa shape index (κ2) is 8.65. The summed E-state index contributed by atoms with van der Waals surface area (Å²) in [6.45, 7) is 0.588. The minimum Gasteiger partial charge on any atom is -0.483 e. The smallest absolute Gasteiger partial charge is 0.323 e. The summed E-state index contributed by atoms with van der Waals surface area (Å²) in [4.78, 5) is 26.4. The highest BCUT2D eigenvalue weighted by atomic mass is 19.1. The van der Waals surface area contributed by atoms with E-state index in [1.54, 1.807) is 47.4 Å². The molecule has 0 saturated carbocycles. The molecule has 0 atom stereocenters. The minimum atomic E-state index is -0.366. The molecule has 3 aromatic carbocycles. The second-order valence-corrected chi connectivity index (χ2v) is 6.93. The number of urea groups is 1. The number of nitrogens with one attached hydrogen (secondary N) is 2. The standard InChI is InChI=1S/C23H20FN3O3/c24-18-8-6-16(7-9-18)13-27-14-17-12-20(10-11-21(17)30-15-22(27)28)26-23(29)25-19-4-2-1-3-5-19/h1-12H,13-15H2,(H2,25,26,29). The van der Waals surface area contributed by atoms with E-state index in [1.165, 1.54) is 12.1 Å². The third kappa shape index (κ3) is 4.75. The van der Waals surface area contributed by atoms with Crippen LogP contribution in [0.3, 0.4) is 0 Å². The highest BCUT2D eigenvalue weighted by Crippen LogP contribution is 2.27. The van der Waals surface area contributed by atoms with Crippen molar-refractivity contribution in [2.45, 2.75) is 13.1 Å². The van der Waals surface area contributed by atoms with Gasteiger partial charge in [0.15, 0.2) is 6.61 Å². The van der Waals surface area contributed by atoms with E-state index >= 15 is 0 Å². The van der Waals surface area contributed by atoms with Crippen LogP contribution in [-0.2, 0) is 17.9 Å². The number of carbonyl (C=O) groups is 2. The Bertz CT molecular complexity index is 1060. The van der Waals surface area contributed by atoms with Gasteiger partial charge in [0.1, 0.15) is 11.6 Å². The molecule has 0 fully saturated rings. The van der Waals surface area contributed by atoms with Crippen LogP contribution >= 0.6 is 0 Å². The maximum atomic E-state index is 13.2. The molecule has 0 spiro atoms. The van der Waals surface area contributed by atoms with Gasteiger partial charge in [-0.05, 0) is 48.0 Å². The summed E-state index contributed by atoms with van der Waals surface area (Å²) in [6.07, 6.45) is 0. The Morgan fingerprint density at radius 1 is 0.967 bits per heavy atom. The minimum absolute atomic E-state index is 0.0739. The van der Waals surface area contributed by atoms with Gasteiger partial charge in [-0.2, -0.15) is 0 Å². The van der Waals surface area contributed by atoms with Crippen molar-refractivity contribution >= 4 is 23.3 Å². The van der Waals surface area contributed by atoms with E-state index in [4.69, 9.17) is 4.74 Å². The number of fused-ring (bicyclic) bond motifs is 1. The zero-order chi connectivity index (χ0) is 20.9. The number of hydrogen-bond acceptors (Lipinski definition) is 3. The van der Waals surface area contributed by atoms with Crippen molar-refractivity contribution in [3.8, 4) is 5.75 Å². The largest absolute Gasteiger partial charge is 0.483 e. The maximum Gasteiger partial charge on any atom is 0.323 e. The molecule has 0 saturated heterocycles. The Morgan fingerprint density at radius 3 is 2.47 bits per heavy atom. The maximum absolute atomic E-state index is 13.2. The van der Waals surface area contributed by atoms with Gasteiger partial charge in [0.2, 0.25) is 0 Å². The average molecular weight is 405 g/mol. The van der Waals surface area contributed by atoms with E-state index in [1.807, 2.05) is 18.2 Å². The molecule has 4 rings (SSSR count). The van der Waals surface area contributed by atoms with Gasteiger partial charge in [0.25, 0.3) is 5.91 Å². The lowest BCUT2D eigenvalue weighted by atomic mass is 10.1. The first-order valence-electron chi connectivity index (χ1n) is 9.48. The van der Waals surface area contributed by atoms with Gasteiger partial charge in [0, 0.05) is 30.0 Å². The third-order valence-electron chi connectivity index (χ3n) is 4.70. The molecular weight excluding hydrogens is 385 g/mol. The molecule has 1 aliphatic rings. The van der Waals surface area contributed by atoms with Gasteiger partial charge < -0.3 is 20.3 Å². The Labute approximate surface area is 173 Å². The summed E-state index contributed by atoms with van der Waals surface area (Å²) in [6, 6.07) is 20.1. The monoisotopic (exact) mass is 405 g/mol. The summed E-state index contributed by atoms with van der Waals surface area (Å²) in [5.74, 6) is 0.116. The van der Waals surface area contributed by atoms with Crippen LogP contribution in [0, 0.1) is 5.82 Å². The Hall–Kier alpha value is -3.87. The fraction of sp³-hybridized carbons (Fsp3) is 0.130. The Balaban J connectivity index is 1.47. The lowest BCUT2D eigenvalue weighted by molar-refractivity contribution is -0.133. The summed E-state index contributed by atoms with van der Waals surface area (Å²) < 4.78 is 18.8. The Morgan fingerprint density at radius 2 is 1.70 bits per heavy atom. The van der Waals surface area contributed by atoms with E-state index in [0.29, 0.717) is 30.2 Å². The van der Waals surface area contributed by atoms with Gasteiger partial charge in [0.05, 0.1) is 0 Å². The molecule has 0 aliphatic carbocycles. The van der Waals surface area contributed by atoms with Crippen molar-refractivity contribution in [2.24, 2.45) is 0 Å². The zero-order valence-corrected chi connectivity index (χ0v) is 16.1. The molecule has 7 heteroatoms. The molecule has 6 nitrogen and oxygen atoms in total. The molecule has 30 heavy (non-hydrogen) atoms. The number of nitrogens with zero attached hydrogens (tertiary/aromatic N) is 1. The number of anilines is 2. The summed E-state index contributed by atoms with van der Waals surface area (Å²) >= 11 is 0. The van der Waals surface area contributed by atoms with Crippen LogP contribution < -0.4 is 15.4 Å². The van der Waals surface area contributed by atoms with Gasteiger partial charge in [-0.1, -0.05) is 30.3 Å². The van der Waals surface area contributed by atoms with Crippen molar-refractivity contribution in [2.75, 3.05) is 17.2 Å². The van der Waals surface area contributed by atoms with E-state index < -0.39 is 0 Å². The van der Waals surface area contributed by atoms with Gasteiger partial charge in [-0.25, -0.2) is 9.18 Å². The first-order valence-corrected chi connectivity index (χ1v) is 9.48. The normalized spacial score (nSPS) is 13.1. The topological polar surface area (TPSA) is 70.7 Å². The van der Waals surface area contributed by atoms with Crippen LogP contribution in [0.15, 0.2) is 72.8 Å². The van der Waals surface area contributed by atoms with Gasteiger partial charge >= 0.3 is 6.03 Å². The number of ether oxygens (including phenoxy) is 1. The number of hydrogen-bond donors (Lipinski definition) is 2. The lowest BCUT2D eigenvalue weighted by Crippen LogP contribution is -2.31.